The number of anilines is 1. The van der Waals surface area contributed by atoms with E-state index in [1.807, 2.05) is 31.2 Å². The van der Waals surface area contributed by atoms with Gasteiger partial charge in [-0.25, -0.2) is 0 Å². The lowest BCUT2D eigenvalue weighted by Crippen LogP contribution is -2.36. The minimum atomic E-state index is -0.542. The molecule has 202 valence electrons. The van der Waals surface area contributed by atoms with Gasteiger partial charge in [-0.1, -0.05) is 28.1 Å². The van der Waals surface area contributed by atoms with E-state index in [1.54, 1.807) is 49.6 Å². The number of imide groups is 1. The maximum Gasteiger partial charge on any atom is 0.294 e. The summed E-state index contributed by atoms with van der Waals surface area (Å²) in [6, 6.07) is 18.1. The summed E-state index contributed by atoms with van der Waals surface area (Å²) in [7, 11) is 1.55. The second-order valence-corrected chi connectivity index (χ2v) is 11.0. The molecule has 0 saturated carbocycles. The lowest BCUT2D eigenvalue weighted by Gasteiger charge is -2.15. The summed E-state index contributed by atoms with van der Waals surface area (Å²) >= 11 is 7.74. The molecule has 11 heteroatoms. The van der Waals surface area contributed by atoms with Gasteiger partial charge in [0, 0.05) is 10.2 Å². The first-order valence-corrected chi connectivity index (χ1v) is 14.2. The molecule has 1 fully saturated rings. The van der Waals surface area contributed by atoms with Crippen LogP contribution in [0.4, 0.5) is 10.5 Å². The van der Waals surface area contributed by atoms with Crippen LogP contribution in [0.1, 0.15) is 18.1 Å². The van der Waals surface area contributed by atoms with Crippen LogP contribution in [0, 0.1) is 0 Å². The Morgan fingerprint density at radius 2 is 1.74 bits per heavy atom. The third-order valence-corrected chi connectivity index (χ3v) is 7.50. The highest BCUT2D eigenvalue weighted by molar-refractivity contribution is 9.10. The molecule has 3 amide bonds. The Kier molecular flexibility index (Phi) is 9.71. The Bertz CT molecular complexity index is 1410. The highest BCUT2D eigenvalue weighted by Gasteiger charge is 2.36. The molecule has 0 bridgehead atoms. The standard InChI is InChI=1S/C28H24Br2N2O6S/c1-3-37-23-13-18(12-22(30)26(23)38-16-17-4-6-19(29)7-5-17)14-24-27(34)32(28(35)39-24)15-25(33)31-20-8-10-21(36-2)11-9-20/h4-14H,3,15-16H2,1-2H3,(H,31,33)/b24-14+. The number of carbonyl (C=O) groups excluding carboxylic acids is 3. The predicted molar refractivity (Wildman–Crippen MR) is 158 cm³/mol. The van der Waals surface area contributed by atoms with E-state index < -0.39 is 23.6 Å². The van der Waals surface area contributed by atoms with E-state index in [-0.39, 0.29) is 4.91 Å². The lowest BCUT2D eigenvalue weighted by atomic mass is 10.1. The number of methoxy groups -OCH3 is 1. The van der Waals surface area contributed by atoms with E-state index >= 15 is 0 Å². The van der Waals surface area contributed by atoms with Gasteiger partial charge in [0.05, 0.1) is 23.1 Å². The zero-order chi connectivity index (χ0) is 27.9. The predicted octanol–water partition coefficient (Wildman–Crippen LogP) is 6.87. The average molecular weight is 676 g/mol. The number of amides is 3. The quantitative estimate of drug-likeness (QED) is 0.234. The van der Waals surface area contributed by atoms with E-state index in [0.717, 1.165) is 26.7 Å². The summed E-state index contributed by atoms with van der Waals surface area (Å²) in [4.78, 5) is 39.2. The number of hydrogen-bond acceptors (Lipinski definition) is 7. The van der Waals surface area contributed by atoms with Crippen LogP contribution in [0.15, 0.2) is 74.5 Å². The molecule has 3 aromatic rings. The minimum absolute atomic E-state index is 0.204. The Labute approximate surface area is 246 Å². The number of halogens is 2. The first kappa shape index (κ1) is 28.7. The van der Waals surface area contributed by atoms with Crippen LogP contribution in [-0.2, 0) is 16.2 Å². The third-order valence-electron chi connectivity index (χ3n) is 5.47. The maximum atomic E-state index is 13.0. The van der Waals surface area contributed by atoms with Gasteiger partial charge in [0.15, 0.2) is 11.5 Å². The van der Waals surface area contributed by atoms with Crippen molar-refractivity contribution in [2.24, 2.45) is 0 Å². The van der Waals surface area contributed by atoms with Crippen molar-refractivity contribution in [1.29, 1.82) is 0 Å². The van der Waals surface area contributed by atoms with Crippen molar-refractivity contribution in [2.45, 2.75) is 13.5 Å². The molecule has 1 N–H and O–H groups in total. The first-order valence-electron chi connectivity index (χ1n) is 11.8. The minimum Gasteiger partial charge on any atom is -0.497 e. The molecule has 1 aliphatic rings. The van der Waals surface area contributed by atoms with Gasteiger partial charge in [0.2, 0.25) is 5.91 Å². The molecule has 39 heavy (non-hydrogen) atoms. The van der Waals surface area contributed by atoms with Crippen molar-refractivity contribution in [3.05, 3.63) is 85.6 Å². The molecule has 0 spiro atoms. The average Bonchev–Trinajstić information content (AvgIpc) is 3.17. The van der Waals surface area contributed by atoms with Gasteiger partial charge in [0.1, 0.15) is 18.9 Å². The zero-order valence-electron chi connectivity index (χ0n) is 21.0. The van der Waals surface area contributed by atoms with Crippen molar-refractivity contribution in [2.75, 3.05) is 25.6 Å². The van der Waals surface area contributed by atoms with Crippen molar-refractivity contribution < 1.29 is 28.6 Å². The molecule has 1 heterocycles. The largest absolute Gasteiger partial charge is 0.497 e. The van der Waals surface area contributed by atoms with Crippen LogP contribution < -0.4 is 19.5 Å². The second-order valence-electron chi connectivity index (χ2n) is 8.22. The van der Waals surface area contributed by atoms with Gasteiger partial charge in [-0.3, -0.25) is 19.3 Å². The normalized spacial score (nSPS) is 14.1. The molecular weight excluding hydrogens is 652 g/mol. The van der Waals surface area contributed by atoms with Gasteiger partial charge in [-0.15, -0.1) is 0 Å². The summed E-state index contributed by atoms with van der Waals surface area (Å²) in [6.45, 7) is 2.21. The fourth-order valence-electron chi connectivity index (χ4n) is 3.62. The summed E-state index contributed by atoms with van der Waals surface area (Å²) in [5.41, 5.74) is 2.15. The highest BCUT2D eigenvalue weighted by Crippen LogP contribution is 2.39. The summed E-state index contributed by atoms with van der Waals surface area (Å²) in [5, 5.41) is 2.16. The van der Waals surface area contributed by atoms with Crippen molar-refractivity contribution >= 4 is 72.4 Å². The Morgan fingerprint density at radius 1 is 1.03 bits per heavy atom. The van der Waals surface area contributed by atoms with Crippen molar-refractivity contribution in [1.82, 2.24) is 4.90 Å². The van der Waals surface area contributed by atoms with Crippen LogP contribution in [-0.4, -0.2) is 42.2 Å². The Morgan fingerprint density at radius 3 is 2.41 bits per heavy atom. The summed E-state index contributed by atoms with van der Waals surface area (Å²) < 4.78 is 18.6. The molecule has 3 aromatic carbocycles. The van der Waals surface area contributed by atoms with Crippen LogP contribution in [0.2, 0.25) is 0 Å². The molecule has 0 aliphatic carbocycles. The fraction of sp³-hybridized carbons (Fsp3) is 0.179. The van der Waals surface area contributed by atoms with E-state index in [1.165, 1.54) is 0 Å². The molecule has 0 unspecified atom stereocenters. The number of nitrogens with one attached hydrogen (secondary N) is 1. The van der Waals surface area contributed by atoms with Crippen LogP contribution in [0.5, 0.6) is 17.2 Å². The molecule has 1 aliphatic heterocycles. The van der Waals surface area contributed by atoms with Crippen molar-refractivity contribution in [3.8, 4) is 17.2 Å². The molecule has 1 saturated heterocycles. The highest BCUT2D eigenvalue weighted by atomic mass is 79.9. The Balaban J connectivity index is 1.46. The monoisotopic (exact) mass is 674 g/mol. The van der Waals surface area contributed by atoms with Gasteiger partial charge >= 0.3 is 0 Å². The van der Waals surface area contributed by atoms with Crippen LogP contribution in [0.3, 0.4) is 0 Å². The number of carbonyl (C=O) groups is 3. The summed E-state index contributed by atoms with van der Waals surface area (Å²) in [5.74, 6) is 0.637. The number of thioether (sulfide) groups is 1. The number of rotatable bonds is 10. The topological polar surface area (TPSA) is 94.2 Å². The number of ether oxygens (including phenoxy) is 3. The number of benzene rings is 3. The van der Waals surface area contributed by atoms with E-state index in [2.05, 4.69) is 37.2 Å². The molecule has 0 radical (unpaired) electrons. The molecule has 4 rings (SSSR count). The molecule has 0 atom stereocenters. The van der Waals surface area contributed by atoms with Gasteiger partial charge in [0.25, 0.3) is 11.1 Å². The van der Waals surface area contributed by atoms with Gasteiger partial charge < -0.3 is 19.5 Å². The number of nitrogens with zero attached hydrogens (tertiary/aromatic N) is 1. The van der Waals surface area contributed by atoms with Crippen molar-refractivity contribution in [3.63, 3.8) is 0 Å². The van der Waals surface area contributed by atoms with Gasteiger partial charge in [-0.05, 0) is 100 Å². The van der Waals surface area contributed by atoms with E-state index in [4.69, 9.17) is 14.2 Å². The lowest BCUT2D eigenvalue weighted by molar-refractivity contribution is -0.127. The SMILES string of the molecule is CCOc1cc(/C=C2/SC(=O)N(CC(=O)Nc3ccc(OC)cc3)C2=O)cc(Br)c1OCc1ccc(Br)cc1. The smallest absolute Gasteiger partial charge is 0.294 e. The first-order chi connectivity index (χ1) is 18.8. The Hall–Kier alpha value is -3.28. The van der Waals surface area contributed by atoms with E-state index in [0.29, 0.717) is 46.2 Å². The van der Waals surface area contributed by atoms with Crippen LogP contribution in [0.25, 0.3) is 6.08 Å². The van der Waals surface area contributed by atoms with E-state index in [9.17, 15) is 14.4 Å². The molecular formula is C28H24Br2N2O6S. The zero-order valence-corrected chi connectivity index (χ0v) is 25.0. The van der Waals surface area contributed by atoms with Gasteiger partial charge in [-0.2, -0.15) is 0 Å². The molecule has 8 nitrogen and oxygen atoms in total. The van der Waals surface area contributed by atoms with Crippen LogP contribution >= 0.6 is 43.6 Å². The molecule has 0 aromatic heterocycles. The number of hydrogen-bond donors (Lipinski definition) is 1. The third kappa shape index (κ3) is 7.43. The summed E-state index contributed by atoms with van der Waals surface area (Å²) in [6.07, 6.45) is 1.60. The fourth-order valence-corrected chi connectivity index (χ4v) is 5.29. The second kappa shape index (κ2) is 13.2. The maximum absolute atomic E-state index is 13.0.